The number of ether oxygens (including phenoxy) is 1. The molecule has 2 aliphatic rings. The molecule has 0 aromatic carbocycles. The summed E-state index contributed by atoms with van der Waals surface area (Å²) in [6.07, 6.45) is 5.18. The van der Waals surface area contributed by atoms with Crippen molar-refractivity contribution in [3.63, 3.8) is 0 Å². The number of hydrogen-bond acceptors (Lipinski definition) is 3. The quantitative estimate of drug-likeness (QED) is 0.581. The smallest absolute Gasteiger partial charge is 0.314 e. The van der Waals surface area contributed by atoms with E-state index in [9.17, 15) is 9.59 Å². The van der Waals surface area contributed by atoms with Gasteiger partial charge in [0.1, 0.15) is 0 Å². The molecule has 0 N–H and O–H groups in total. The van der Waals surface area contributed by atoms with Gasteiger partial charge < -0.3 is 9.64 Å². The second-order valence-electron chi connectivity index (χ2n) is 6.15. The predicted octanol–water partition coefficient (Wildman–Crippen LogP) is 2.35. The Hall–Kier alpha value is -1.32. The molecule has 0 aromatic rings. The van der Waals surface area contributed by atoms with Crippen molar-refractivity contribution in [2.75, 3.05) is 13.1 Å². The van der Waals surface area contributed by atoms with E-state index in [1.54, 1.807) is 0 Å². The van der Waals surface area contributed by atoms with Crippen LogP contribution in [-0.4, -0.2) is 29.9 Å². The largest absolute Gasteiger partial charge is 0.435 e. The minimum atomic E-state index is -0.311. The fourth-order valence-electron chi connectivity index (χ4n) is 3.24. The number of hydrogen-bond donors (Lipinski definition) is 0. The van der Waals surface area contributed by atoms with E-state index < -0.39 is 0 Å². The summed E-state index contributed by atoms with van der Waals surface area (Å²) >= 11 is 0. The van der Waals surface area contributed by atoms with Crippen molar-refractivity contribution in [1.29, 1.82) is 0 Å². The summed E-state index contributed by atoms with van der Waals surface area (Å²) in [5.74, 6) is -0.285. The second-order valence-corrected chi connectivity index (χ2v) is 6.15. The molecule has 1 aliphatic carbocycles. The minimum Gasteiger partial charge on any atom is -0.435 e. The van der Waals surface area contributed by atoms with E-state index in [4.69, 9.17) is 4.74 Å². The number of carbonyl (C=O) groups is 2. The maximum Gasteiger partial charge on any atom is 0.314 e. The summed E-state index contributed by atoms with van der Waals surface area (Å²) in [6, 6.07) is 0. The lowest BCUT2D eigenvalue weighted by Gasteiger charge is -2.50. The summed E-state index contributed by atoms with van der Waals surface area (Å²) in [5, 5.41) is 0. The molecule has 1 saturated carbocycles. The number of nitrogens with zero attached hydrogens (tertiary/aromatic N) is 1. The molecule has 0 radical (unpaired) electrons. The lowest BCUT2D eigenvalue weighted by Crippen LogP contribution is -2.56. The standard InChI is InChI=1S/C15H23NO3/c1-4-19-14(18)12-10-11(15(12,2)3)13(17)16-8-6-5-7-9-16/h4,11-12H,1,5-10H2,2-3H3. The molecule has 1 amide bonds. The topological polar surface area (TPSA) is 46.6 Å². The Morgan fingerprint density at radius 2 is 1.84 bits per heavy atom. The summed E-state index contributed by atoms with van der Waals surface area (Å²) < 4.78 is 4.86. The van der Waals surface area contributed by atoms with E-state index >= 15 is 0 Å². The molecule has 2 unspecified atom stereocenters. The maximum atomic E-state index is 12.5. The molecule has 1 heterocycles. The van der Waals surface area contributed by atoms with Crippen LogP contribution in [0.15, 0.2) is 12.8 Å². The number of piperidine rings is 1. The molecular weight excluding hydrogens is 242 g/mol. The highest BCUT2D eigenvalue weighted by atomic mass is 16.5. The molecule has 106 valence electrons. The number of carbonyl (C=O) groups excluding carboxylic acids is 2. The van der Waals surface area contributed by atoms with Gasteiger partial charge in [0.2, 0.25) is 5.91 Å². The number of likely N-dealkylation sites (tertiary alicyclic amines) is 1. The normalized spacial score (nSPS) is 29.3. The number of esters is 1. The van der Waals surface area contributed by atoms with Crippen molar-refractivity contribution in [2.45, 2.75) is 39.5 Å². The number of rotatable bonds is 3. The maximum absolute atomic E-state index is 12.5. The van der Waals surface area contributed by atoms with Crippen molar-refractivity contribution in [1.82, 2.24) is 4.90 Å². The highest BCUT2D eigenvalue weighted by molar-refractivity contribution is 5.85. The lowest BCUT2D eigenvalue weighted by atomic mass is 9.54. The van der Waals surface area contributed by atoms with Crippen LogP contribution in [-0.2, 0) is 14.3 Å². The third-order valence-electron chi connectivity index (χ3n) is 4.72. The first kappa shape index (κ1) is 14.1. The summed E-state index contributed by atoms with van der Waals surface area (Å²) in [7, 11) is 0. The molecule has 2 fully saturated rings. The Bertz CT molecular complexity index is 383. The summed E-state index contributed by atoms with van der Waals surface area (Å²) in [4.78, 5) is 26.2. The Morgan fingerprint density at radius 3 is 2.37 bits per heavy atom. The van der Waals surface area contributed by atoms with Gasteiger partial charge >= 0.3 is 5.97 Å². The Kier molecular flexibility index (Phi) is 3.97. The lowest BCUT2D eigenvalue weighted by molar-refractivity contribution is -0.168. The molecular formula is C15H23NO3. The first-order chi connectivity index (χ1) is 8.98. The first-order valence-corrected chi connectivity index (χ1v) is 7.08. The van der Waals surface area contributed by atoms with Gasteiger partial charge in [-0.25, -0.2) is 0 Å². The third-order valence-corrected chi connectivity index (χ3v) is 4.72. The zero-order valence-corrected chi connectivity index (χ0v) is 11.9. The van der Waals surface area contributed by atoms with Gasteiger partial charge in [0.05, 0.1) is 12.2 Å². The van der Waals surface area contributed by atoms with Crippen LogP contribution in [0.5, 0.6) is 0 Å². The molecule has 2 atom stereocenters. The Morgan fingerprint density at radius 1 is 1.21 bits per heavy atom. The van der Waals surface area contributed by atoms with E-state index in [1.807, 2.05) is 18.7 Å². The van der Waals surface area contributed by atoms with Gasteiger partial charge in [-0.15, -0.1) is 0 Å². The van der Waals surface area contributed by atoms with Crippen LogP contribution >= 0.6 is 0 Å². The van der Waals surface area contributed by atoms with E-state index in [-0.39, 0.29) is 29.1 Å². The predicted molar refractivity (Wildman–Crippen MR) is 72.1 cm³/mol. The van der Waals surface area contributed by atoms with Crippen molar-refractivity contribution in [3.05, 3.63) is 12.8 Å². The van der Waals surface area contributed by atoms with Gasteiger partial charge in [-0.05, 0) is 31.1 Å². The van der Waals surface area contributed by atoms with Gasteiger partial charge in [-0.2, -0.15) is 0 Å². The van der Waals surface area contributed by atoms with Crippen molar-refractivity contribution >= 4 is 11.9 Å². The van der Waals surface area contributed by atoms with E-state index in [1.165, 1.54) is 6.42 Å². The SMILES string of the molecule is C=COC(=O)C1CC(C(=O)N2CCCCC2)C1(C)C. The molecule has 0 aromatic heterocycles. The fraction of sp³-hybridized carbons (Fsp3) is 0.733. The summed E-state index contributed by atoms with van der Waals surface area (Å²) in [6.45, 7) is 9.10. The second kappa shape index (κ2) is 5.35. The monoisotopic (exact) mass is 265 g/mol. The molecule has 0 spiro atoms. The van der Waals surface area contributed by atoms with Gasteiger partial charge in [-0.3, -0.25) is 9.59 Å². The summed E-state index contributed by atoms with van der Waals surface area (Å²) in [5.41, 5.74) is -0.311. The van der Waals surface area contributed by atoms with Crippen molar-refractivity contribution in [3.8, 4) is 0 Å². The van der Waals surface area contributed by atoms with Gasteiger partial charge in [0, 0.05) is 19.0 Å². The minimum absolute atomic E-state index is 0.0482. The molecule has 4 nitrogen and oxygen atoms in total. The zero-order chi connectivity index (χ0) is 14.0. The number of amides is 1. The molecule has 1 aliphatic heterocycles. The van der Waals surface area contributed by atoms with Gasteiger partial charge in [0.25, 0.3) is 0 Å². The van der Waals surface area contributed by atoms with E-state index in [2.05, 4.69) is 6.58 Å². The van der Waals surface area contributed by atoms with Crippen LogP contribution < -0.4 is 0 Å². The highest BCUT2D eigenvalue weighted by Gasteiger charge is 2.56. The third kappa shape index (κ3) is 2.53. The van der Waals surface area contributed by atoms with Crippen molar-refractivity contribution < 1.29 is 14.3 Å². The molecule has 0 bridgehead atoms. The van der Waals surface area contributed by atoms with E-state index in [0.717, 1.165) is 32.2 Å². The Balaban J connectivity index is 1.98. The van der Waals surface area contributed by atoms with Gasteiger partial charge in [0.15, 0.2) is 0 Å². The fourth-order valence-corrected chi connectivity index (χ4v) is 3.24. The van der Waals surface area contributed by atoms with Crippen LogP contribution in [0.2, 0.25) is 0 Å². The molecule has 4 heteroatoms. The van der Waals surface area contributed by atoms with E-state index in [0.29, 0.717) is 6.42 Å². The Labute approximate surface area is 114 Å². The van der Waals surface area contributed by atoms with Crippen LogP contribution in [0.25, 0.3) is 0 Å². The molecule has 2 rings (SSSR count). The van der Waals surface area contributed by atoms with Crippen molar-refractivity contribution in [2.24, 2.45) is 17.3 Å². The van der Waals surface area contributed by atoms with Crippen LogP contribution in [0.4, 0.5) is 0 Å². The molecule has 1 saturated heterocycles. The molecule has 19 heavy (non-hydrogen) atoms. The zero-order valence-electron chi connectivity index (χ0n) is 11.9. The van der Waals surface area contributed by atoms with Crippen LogP contribution in [0.3, 0.4) is 0 Å². The van der Waals surface area contributed by atoms with Crippen LogP contribution in [0, 0.1) is 17.3 Å². The first-order valence-electron chi connectivity index (χ1n) is 7.08. The highest BCUT2D eigenvalue weighted by Crippen LogP contribution is 2.52. The van der Waals surface area contributed by atoms with Gasteiger partial charge in [-0.1, -0.05) is 20.4 Å². The average Bonchev–Trinajstić information content (AvgIpc) is 2.38. The van der Waals surface area contributed by atoms with Crippen LogP contribution in [0.1, 0.15) is 39.5 Å². The average molecular weight is 265 g/mol.